The van der Waals surface area contributed by atoms with Crippen LogP contribution in [0.1, 0.15) is 12.5 Å². The second-order valence-electron chi connectivity index (χ2n) is 5.82. The zero-order valence-electron chi connectivity index (χ0n) is 15.3. The van der Waals surface area contributed by atoms with Gasteiger partial charge in [-0.15, -0.1) is 5.10 Å². The minimum absolute atomic E-state index is 0.0154. The molecule has 0 unspecified atom stereocenters. The molecule has 1 aromatic heterocycles. The smallest absolute Gasteiger partial charge is 0.416 e. The molecular weight excluding hydrogens is 448 g/mol. The van der Waals surface area contributed by atoms with E-state index < -0.39 is 24.3 Å². The molecule has 12 heteroatoms. The Morgan fingerprint density at radius 1 is 1.17 bits per heavy atom. The lowest BCUT2D eigenvalue weighted by Crippen LogP contribution is -2.15. The minimum atomic E-state index is -4.53. The summed E-state index contributed by atoms with van der Waals surface area (Å²) in [7, 11) is 0. The van der Waals surface area contributed by atoms with Gasteiger partial charge in [-0.05, 0) is 35.5 Å². The number of aromatic nitrogens is 4. The zero-order valence-corrected chi connectivity index (χ0v) is 16.8. The highest BCUT2D eigenvalue weighted by molar-refractivity contribution is 6.36. The molecular formula is C18H13Cl2F3N4O3. The number of nitrogens with zero attached hydrogens (tertiary/aromatic N) is 4. The predicted molar refractivity (Wildman–Crippen MR) is 102 cm³/mol. The number of carbonyl (C=O) groups is 1. The Balaban J connectivity index is 1.99. The summed E-state index contributed by atoms with van der Waals surface area (Å²) in [5.74, 6) is -0.492. The topological polar surface area (TPSA) is 79.1 Å². The number of hydrogen-bond donors (Lipinski definition) is 0. The van der Waals surface area contributed by atoms with Crippen molar-refractivity contribution in [3.63, 3.8) is 0 Å². The minimum Gasteiger partial charge on any atom is -0.480 e. The van der Waals surface area contributed by atoms with E-state index in [1.54, 1.807) is 6.92 Å². The van der Waals surface area contributed by atoms with Gasteiger partial charge in [-0.2, -0.15) is 17.9 Å². The van der Waals surface area contributed by atoms with Crippen LogP contribution in [0.4, 0.5) is 13.2 Å². The first-order valence-electron chi connectivity index (χ1n) is 8.44. The summed E-state index contributed by atoms with van der Waals surface area (Å²) < 4.78 is 50.4. The second kappa shape index (κ2) is 8.88. The Morgan fingerprint density at radius 2 is 1.93 bits per heavy atom. The average molecular weight is 461 g/mol. The van der Waals surface area contributed by atoms with Crippen LogP contribution in [-0.4, -0.2) is 39.4 Å². The Bertz CT molecular complexity index is 1070. The van der Waals surface area contributed by atoms with Crippen LogP contribution in [0.5, 0.6) is 5.75 Å². The molecule has 0 saturated carbocycles. The fraction of sp³-hybridized carbons (Fsp3) is 0.222. The van der Waals surface area contributed by atoms with Crippen LogP contribution in [0.3, 0.4) is 0 Å². The molecule has 0 aliphatic heterocycles. The van der Waals surface area contributed by atoms with Crippen molar-refractivity contribution in [3.05, 3.63) is 52.0 Å². The van der Waals surface area contributed by atoms with Gasteiger partial charge in [0.15, 0.2) is 12.4 Å². The summed E-state index contributed by atoms with van der Waals surface area (Å²) in [6.07, 6.45) is -4.53. The third kappa shape index (κ3) is 4.82. The highest BCUT2D eigenvalue weighted by Gasteiger charge is 2.31. The molecule has 30 heavy (non-hydrogen) atoms. The summed E-state index contributed by atoms with van der Waals surface area (Å²) in [5.41, 5.74) is -0.539. The number of tetrazole rings is 1. The van der Waals surface area contributed by atoms with Gasteiger partial charge in [-0.1, -0.05) is 35.3 Å². The molecule has 158 valence electrons. The fourth-order valence-corrected chi connectivity index (χ4v) is 3.01. The number of rotatable bonds is 6. The Kier molecular flexibility index (Phi) is 6.47. The standard InChI is InChI=1S/C18H13Cl2F3N4O3/c1-2-29-16(28)9-30-15-8-14(12(19)7-13(15)20)27-17(24-25-26-27)10-4-3-5-11(6-10)18(21,22)23/h3-8H,2,9H2,1H3. The van der Waals surface area contributed by atoms with Gasteiger partial charge in [0.05, 0.1) is 27.9 Å². The van der Waals surface area contributed by atoms with Gasteiger partial charge in [0.25, 0.3) is 0 Å². The van der Waals surface area contributed by atoms with Gasteiger partial charge in [0, 0.05) is 11.6 Å². The molecule has 0 amide bonds. The molecule has 7 nitrogen and oxygen atoms in total. The van der Waals surface area contributed by atoms with E-state index in [1.807, 2.05) is 0 Å². The number of ether oxygens (including phenoxy) is 2. The van der Waals surface area contributed by atoms with Gasteiger partial charge < -0.3 is 9.47 Å². The van der Waals surface area contributed by atoms with E-state index in [4.69, 9.17) is 32.7 Å². The predicted octanol–water partition coefficient (Wildman–Crippen LogP) is 4.60. The van der Waals surface area contributed by atoms with Crippen molar-refractivity contribution in [2.75, 3.05) is 13.2 Å². The fourth-order valence-electron chi connectivity index (χ4n) is 2.49. The first-order chi connectivity index (χ1) is 14.2. The summed E-state index contributed by atoms with van der Waals surface area (Å²) in [6, 6.07) is 7.25. The molecule has 1 heterocycles. The van der Waals surface area contributed by atoms with Crippen molar-refractivity contribution >= 4 is 29.2 Å². The number of carbonyl (C=O) groups excluding carboxylic acids is 1. The maximum absolute atomic E-state index is 13.1. The molecule has 0 aliphatic rings. The Morgan fingerprint density at radius 3 is 2.63 bits per heavy atom. The lowest BCUT2D eigenvalue weighted by atomic mass is 10.1. The summed E-state index contributed by atoms with van der Waals surface area (Å²) in [5, 5.41) is 11.4. The quantitative estimate of drug-likeness (QED) is 0.500. The summed E-state index contributed by atoms with van der Waals surface area (Å²) in [6.45, 7) is 1.44. The molecule has 0 saturated heterocycles. The van der Waals surface area contributed by atoms with E-state index in [2.05, 4.69) is 15.5 Å². The SMILES string of the molecule is CCOC(=O)COc1cc(-n2nnnc2-c2cccc(C(F)(F)F)c2)c(Cl)cc1Cl. The lowest BCUT2D eigenvalue weighted by Gasteiger charge is -2.13. The third-order valence-corrected chi connectivity index (χ3v) is 4.40. The van der Waals surface area contributed by atoms with Gasteiger partial charge in [0.1, 0.15) is 5.75 Å². The first-order valence-corrected chi connectivity index (χ1v) is 9.20. The van der Waals surface area contributed by atoms with E-state index in [0.717, 1.165) is 16.8 Å². The van der Waals surface area contributed by atoms with E-state index in [0.29, 0.717) is 0 Å². The average Bonchev–Trinajstić information content (AvgIpc) is 3.16. The lowest BCUT2D eigenvalue weighted by molar-refractivity contribution is -0.145. The Labute approximate surface area is 178 Å². The summed E-state index contributed by atoms with van der Waals surface area (Å²) in [4.78, 5) is 11.5. The third-order valence-electron chi connectivity index (χ3n) is 3.80. The number of halogens is 5. The first kappa shape index (κ1) is 21.8. The van der Waals surface area contributed by atoms with Crippen molar-refractivity contribution in [1.29, 1.82) is 0 Å². The van der Waals surface area contributed by atoms with Crippen LogP contribution in [0.25, 0.3) is 17.1 Å². The molecule has 3 aromatic rings. The molecule has 0 bridgehead atoms. The zero-order chi connectivity index (χ0) is 21.9. The number of benzene rings is 2. The van der Waals surface area contributed by atoms with E-state index in [1.165, 1.54) is 24.3 Å². The number of esters is 1. The molecule has 0 spiro atoms. The van der Waals surface area contributed by atoms with Gasteiger partial charge in [0.2, 0.25) is 0 Å². The largest absolute Gasteiger partial charge is 0.480 e. The van der Waals surface area contributed by atoms with Gasteiger partial charge in [-0.25, -0.2) is 4.79 Å². The summed E-state index contributed by atoms with van der Waals surface area (Å²) >= 11 is 12.3. The highest BCUT2D eigenvalue weighted by atomic mass is 35.5. The highest BCUT2D eigenvalue weighted by Crippen LogP contribution is 2.35. The van der Waals surface area contributed by atoms with Crippen LogP contribution in [0.2, 0.25) is 10.0 Å². The normalized spacial score (nSPS) is 11.4. The maximum atomic E-state index is 13.1. The van der Waals surface area contributed by atoms with Crippen molar-refractivity contribution in [2.45, 2.75) is 13.1 Å². The van der Waals surface area contributed by atoms with Crippen LogP contribution >= 0.6 is 23.2 Å². The van der Waals surface area contributed by atoms with Crippen molar-refractivity contribution in [2.24, 2.45) is 0 Å². The monoisotopic (exact) mass is 460 g/mol. The van der Waals surface area contributed by atoms with E-state index in [-0.39, 0.29) is 39.5 Å². The maximum Gasteiger partial charge on any atom is 0.416 e. The van der Waals surface area contributed by atoms with Gasteiger partial charge in [-0.3, -0.25) is 0 Å². The van der Waals surface area contributed by atoms with Crippen molar-refractivity contribution in [3.8, 4) is 22.8 Å². The molecule has 0 radical (unpaired) electrons. The van der Waals surface area contributed by atoms with Crippen LogP contribution in [0, 0.1) is 0 Å². The molecule has 0 aliphatic carbocycles. The molecule has 2 aromatic carbocycles. The number of alkyl halides is 3. The molecule has 3 rings (SSSR count). The van der Waals surface area contributed by atoms with E-state index >= 15 is 0 Å². The van der Waals surface area contributed by atoms with Gasteiger partial charge >= 0.3 is 12.1 Å². The Hall–Kier alpha value is -2.85. The van der Waals surface area contributed by atoms with Crippen molar-refractivity contribution < 1.29 is 27.4 Å². The van der Waals surface area contributed by atoms with E-state index in [9.17, 15) is 18.0 Å². The molecule has 0 N–H and O–H groups in total. The van der Waals surface area contributed by atoms with Crippen LogP contribution in [-0.2, 0) is 15.7 Å². The van der Waals surface area contributed by atoms with Crippen LogP contribution in [0.15, 0.2) is 36.4 Å². The second-order valence-corrected chi connectivity index (χ2v) is 6.63. The molecule has 0 fully saturated rings. The van der Waals surface area contributed by atoms with Crippen molar-refractivity contribution in [1.82, 2.24) is 20.2 Å². The molecule has 0 atom stereocenters. The van der Waals surface area contributed by atoms with Crippen LogP contribution < -0.4 is 4.74 Å². The number of hydrogen-bond acceptors (Lipinski definition) is 6.